The highest BCUT2D eigenvalue weighted by Crippen LogP contribution is 1.97. The highest BCUT2D eigenvalue weighted by molar-refractivity contribution is 5.72. The zero-order valence-electron chi connectivity index (χ0n) is 14.9. The van der Waals surface area contributed by atoms with Gasteiger partial charge in [-0.1, -0.05) is 0 Å². The third kappa shape index (κ3) is 14.9. The van der Waals surface area contributed by atoms with Gasteiger partial charge >= 0.3 is 17.9 Å². The van der Waals surface area contributed by atoms with Crippen molar-refractivity contribution in [3.8, 4) is 0 Å². The first kappa shape index (κ1) is 25.1. The lowest BCUT2D eigenvalue weighted by Crippen LogP contribution is -2.44. The molecule has 5 N–H and O–H groups in total. The van der Waals surface area contributed by atoms with Gasteiger partial charge in [0.05, 0.1) is 32.8 Å². The fraction of sp³-hybridized carbons (Fsp3) is 0.786. The molecule has 0 aromatic rings. The second-order valence-electron chi connectivity index (χ2n) is 5.68. The van der Waals surface area contributed by atoms with Crippen molar-refractivity contribution in [1.82, 2.24) is 14.7 Å². The van der Waals surface area contributed by atoms with Crippen LogP contribution in [0, 0.1) is 0 Å². The van der Waals surface area contributed by atoms with Crippen LogP contribution in [0.4, 0.5) is 0 Å². The van der Waals surface area contributed by atoms with Gasteiger partial charge < -0.3 is 15.3 Å². The minimum absolute atomic E-state index is 0.00929. The maximum Gasteiger partial charge on any atom is 0.317 e. The molecule has 13 heteroatoms. The molecule has 0 saturated heterocycles. The van der Waals surface area contributed by atoms with Gasteiger partial charge in [0.2, 0.25) is 0 Å². The maximum absolute atomic E-state index is 11.0. The molecule has 0 amide bonds. The highest BCUT2D eigenvalue weighted by Gasteiger charge is 2.17. The monoisotopic (exact) mass is 397 g/mol. The quantitative estimate of drug-likeness (QED) is 0.128. The van der Waals surface area contributed by atoms with Gasteiger partial charge in [-0.15, -0.1) is 0 Å². The van der Waals surface area contributed by atoms with Crippen molar-refractivity contribution >= 4 is 17.9 Å². The Morgan fingerprint density at radius 1 is 0.556 bits per heavy atom. The van der Waals surface area contributed by atoms with Crippen LogP contribution in [-0.4, -0.2) is 131 Å². The minimum atomic E-state index is -1.18. The van der Waals surface area contributed by atoms with Crippen molar-refractivity contribution in [3.05, 3.63) is 0 Å². The van der Waals surface area contributed by atoms with E-state index in [9.17, 15) is 14.4 Å². The number of hydrogen-bond acceptors (Lipinski definition) is 10. The number of nitrogens with zero attached hydrogens (tertiary/aromatic N) is 3. The van der Waals surface area contributed by atoms with E-state index in [1.165, 1.54) is 9.80 Å². The molecule has 0 unspecified atom stereocenters. The highest BCUT2D eigenvalue weighted by atomic mass is 17.1. The first-order chi connectivity index (χ1) is 12.8. The fourth-order valence-corrected chi connectivity index (χ4v) is 2.30. The smallest absolute Gasteiger partial charge is 0.317 e. The van der Waals surface area contributed by atoms with Crippen molar-refractivity contribution in [2.45, 2.75) is 0 Å². The molecule has 0 atom stereocenters. The molecule has 0 aromatic heterocycles. The van der Waals surface area contributed by atoms with E-state index in [-0.39, 0.29) is 39.4 Å². The Kier molecular flexibility index (Phi) is 14.2. The molecular formula is C14H27N3O10. The molecular weight excluding hydrogens is 370 g/mol. The van der Waals surface area contributed by atoms with Crippen LogP contribution in [0.2, 0.25) is 0 Å². The SMILES string of the molecule is O=C(O)CN(CCN(CCOO)CCOO)CCN(CC(=O)O)CC(=O)O. The van der Waals surface area contributed by atoms with Gasteiger partial charge in [-0.2, -0.15) is 0 Å². The molecule has 0 fully saturated rings. The second-order valence-corrected chi connectivity index (χ2v) is 5.68. The molecule has 13 nitrogen and oxygen atoms in total. The van der Waals surface area contributed by atoms with Crippen LogP contribution in [-0.2, 0) is 24.2 Å². The van der Waals surface area contributed by atoms with Crippen molar-refractivity contribution in [1.29, 1.82) is 0 Å². The average Bonchev–Trinajstić information content (AvgIpc) is 2.56. The van der Waals surface area contributed by atoms with Crippen LogP contribution in [0.25, 0.3) is 0 Å². The number of carboxylic acid groups (broad SMARTS) is 3. The average molecular weight is 397 g/mol. The molecule has 0 rings (SSSR count). The van der Waals surface area contributed by atoms with Crippen LogP contribution in [0.1, 0.15) is 0 Å². The summed E-state index contributed by atoms with van der Waals surface area (Å²) >= 11 is 0. The number of carbonyl (C=O) groups is 3. The van der Waals surface area contributed by atoms with Crippen LogP contribution >= 0.6 is 0 Å². The van der Waals surface area contributed by atoms with Crippen LogP contribution < -0.4 is 0 Å². The van der Waals surface area contributed by atoms with Crippen LogP contribution in [0.15, 0.2) is 0 Å². The Labute approximate surface area is 155 Å². The van der Waals surface area contributed by atoms with Crippen molar-refractivity contribution in [3.63, 3.8) is 0 Å². The Balaban J connectivity index is 4.70. The van der Waals surface area contributed by atoms with Gasteiger partial charge in [0, 0.05) is 39.3 Å². The largest absolute Gasteiger partial charge is 0.480 e. The third-order valence-electron chi connectivity index (χ3n) is 3.54. The predicted octanol–water partition coefficient (Wildman–Crippen LogP) is -1.87. The Bertz CT molecular complexity index is 427. The standard InChI is InChI=1S/C14H27N3O10/c18-12(19)9-16(2-1-15(5-7-26-24)6-8-27-25)3-4-17(10-13(20)21)11-14(22)23/h24-25H,1-11H2,(H,18,19)(H,20,21)(H,22,23). The summed E-state index contributed by atoms with van der Waals surface area (Å²) in [6.45, 7) is 0.228. The van der Waals surface area contributed by atoms with Crippen molar-refractivity contribution in [2.75, 3.05) is 72.1 Å². The molecule has 0 radical (unpaired) electrons. The molecule has 0 saturated carbocycles. The van der Waals surface area contributed by atoms with Crippen molar-refractivity contribution in [2.24, 2.45) is 0 Å². The topological polar surface area (TPSA) is 181 Å². The molecule has 0 bridgehead atoms. The molecule has 0 aliphatic heterocycles. The summed E-state index contributed by atoms with van der Waals surface area (Å²) in [4.78, 5) is 45.2. The molecule has 0 aliphatic carbocycles. The molecule has 27 heavy (non-hydrogen) atoms. The van der Waals surface area contributed by atoms with Crippen molar-refractivity contribution < 1.29 is 50.0 Å². The van der Waals surface area contributed by atoms with Crippen LogP contribution in [0.3, 0.4) is 0 Å². The van der Waals surface area contributed by atoms with E-state index < -0.39 is 31.0 Å². The Morgan fingerprint density at radius 3 is 1.26 bits per heavy atom. The van der Waals surface area contributed by atoms with E-state index >= 15 is 0 Å². The van der Waals surface area contributed by atoms with Gasteiger partial charge in [-0.25, -0.2) is 9.78 Å². The van der Waals surface area contributed by atoms with Gasteiger partial charge in [-0.3, -0.25) is 39.6 Å². The zero-order chi connectivity index (χ0) is 20.7. The minimum Gasteiger partial charge on any atom is -0.480 e. The van der Waals surface area contributed by atoms with E-state index in [0.717, 1.165) is 0 Å². The van der Waals surface area contributed by atoms with Gasteiger partial charge in [0.1, 0.15) is 0 Å². The Morgan fingerprint density at radius 2 is 0.889 bits per heavy atom. The van der Waals surface area contributed by atoms with E-state index in [0.29, 0.717) is 19.6 Å². The first-order valence-corrected chi connectivity index (χ1v) is 8.13. The molecule has 158 valence electrons. The van der Waals surface area contributed by atoms with E-state index in [4.69, 9.17) is 25.8 Å². The number of hydrogen-bond donors (Lipinski definition) is 5. The number of carboxylic acids is 3. The summed E-state index contributed by atoms with van der Waals surface area (Å²) in [5.74, 6) is -3.44. The molecule has 0 aromatic carbocycles. The van der Waals surface area contributed by atoms with Gasteiger partial charge in [0.15, 0.2) is 0 Å². The lowest BCUT2D eigenvalue weighted by molar-refractivity contribution is -0.251. The molecule has 0 aliphatic rings. The maximum atomic E-state index is 11.0. The summed E-state index contributed by atoms with van der Waals surface area (Å²) in [6.07, 6.45) is 0. The van der Waals surface area contributed by atoms with Gasteiger partial charge in [-0.05, 0) is 0 Å². The summed E-state index contributed by atoms with van der Waals surface area (Å²) in [7, 11) is 0. The number of aliphatic carboxylic acids is 3. The zero-order valence-corrected chi connectivity index (χ0v) is 14.9. The normalized spacial score (nSPS) is 11.4. The summed E-state index contributed by atoms with van der Waals surface area (Å²) in [5, 5.41) is 43.6. The second kappa shape index (κ2) is 15.2. The summed E-state index contributed by atoms with van der Waals surface area (Å²) in [5.41, 5.74) is 0. The van der Waals surface area contributed by atoms with E-state index in [1.807, 2.05) is 0 Å². The summed E-state index contributed by atoms with van der Waals surface area (Å²) < 4.78 is 0. The van der Waals surface area contributed by atoms with E-state index in [2.05, 4.69) is 9.78 Å². The fourth-order valence-electron chi connectivity index (χ4n) is 2.30. The van der Waals surface area contributed by atoms with Crippen LogP contribution in [0.5, 0.6) is 0 Å². The molecule has 0 spiro atoms. The van der Waals surface area contributed by atoms with E-state index in [1.54, 1.807) is 4.90 Å². The third-order valence-corrected chi connectivity index (χ3v) is 3.54. The summed E-state index contributed by atoms with van der Waals surface area (Å²) in [6, 6.07) is 0. The number of rotatable bonds is 18. The predicted molar refractivity (Wildman–Crippen MR) is 89.4 cm³/mol. The molecule has 0 heterocycles. The first-order valence-electron chi connectivity index (χ1n) is 8.13. The lowest BCUT2D eigenvalue weighted by atomic mass is 10.3. The lowest BCUT2D eigenvalue weighted by Gasteiger charge is -2.28. The van der Waals surface area contributed by atoms with Gasteiger partial charge in [0.25, 0.3) is 0 Å². The Hall–Kier alpha value is -1.87.